The topological polar surface area (TPSA) is 26.3 Å². The van der Waals surface area contributed by atoms with Crippen LogP contribution in [0.3, 0.4) is 0 Å². The van der Waals surface area contributed by atoms with E-state index in [0.29, 0.717) is 4.48 Å². The highest BCUT2D eigenvalue weighted by molar-refractivity contribution is 14.1. The first-order valence-electron chi connectivity index (χ1n) is 4.42. The number of esters is 1. The molecule has 1 aromatic rings. The minimum atomic E-state index is -0.286. The number of benzene rings is 1. The van der Waals surface area contributed by atoms with Gasteiger partial charge in [-0.05, 0) is 51.0 Å². The van der Waals surface area contributed by atoms with Crippen LogP contribution >= 0.6 is 38.5 Å². The van der Waals surface area contributed by atoms with Gasteiger partial charge in [-0.1, -0.05) is 29.8 Å². The number of hydrogen-bond acceptors (Lipinski definition) is 2. The third-order valence-corrected chi connectivity index (χ3v) is 4.79. The van der Waals surface area contributed by atoms with Crippen molar-refractivity contribution in [2.45, 2.75) is 13.0 Å². The van der Waals surface area contributed by atoms with Gasteiger partial charge in [-0.25, -0.2) is 4.79 Å². The predicted octanol–water partition coefficient (Wildman–Crippen LogP) is 3.63. The molecule has 1 aromatic carbocycles. The molecule has 15 heavy (non-hydrogen) atoms. The molecule has 0 bridgehead atoms. The smallest absolute Gasteiger partial charge is 0.347 e. The summed E-state index contributed by atoms with van der Waals surface area (Å²) in [6.07, 6.45) is -0.243. The average molecular weight is 379 g/mol. The van der Waals surface area contributed by atoms with Crippen molar-refractivity contribution in [1.29, 1.82) is 0 Å². The monoisotopic (exact) mass is 378 g/mol. The summed E-state index contributed by atoms with van der Waals surface area (Å²) in [6, 6.07) is 7.98. The summed E-state index contributed by atoms with van der Waals surface area (Å²) in [6.45, 7) is 2.02. The van der Waals surface area contributed by atoms with Crippen molar-refractivity contribution in [1.82, 2.24) is 0 Å². The summed E-state index contributed by atoms with van der Waals surface area (Å²) in [7, 11) is 0. The molecule has 4 heteroatoms. The number of hydrogen-bond donors (Lipinski definition) is 0. The largest absolute Gasteiger partial charge is 0.448 e. The molecular formula is C11H8BrIO2. The van der Waals surface area contributed by atoms with Crippen LogP contribution < -0.4 is 0 Å². The van der Waals surface area contributed by atoms with E-state index in [1.807, 2.05) is 31.2 Å². The van der Waals surface area contributed by atoms with Crippen LogP contribution in [0.15, 0.2) is 32.3 Å². The van der Waals surface area contributed by atoms with Gasteiger partial charge in [0.1, 0.15) is 4.48 Å². The van der Waals surface area contributed by atoms with Crippen molar-refractivity contribution in [3.05, 3.63) is 43.5 Å². The standard InChI is InChI=1S/C11H8BrIO2/c1-6-3-2-4-7(5-6)10-9(13)8(12)11(14)15-10/h2-5,10H,1H3. The van der Waals surface area contributed by atoms with Gasteiger partial charge in [-0.3, -0.25) is 0 Å². The van der Waals surface area contributed by atoms with Gasteiger partial charge in [0, 0.05) is 0 Å². The Hall–Kier alpha value is -0.360. The summed E-state index contributed by atoms with van der Waals surface area (Å²) in [4.78, 5) is 11.3. The first-order valence-corrected chi connectivity index (χ1v) is 6.29. The molecule has 0 saturated carbocycles. The van der Waals surface area contributed by atoms with Gasteiger partial charge in [0.25, 0.3) is 0 Å². The summed E-state index contributed by atoms with van der Waals surface area (Å²) in [5.74, 6) is -0.286. The Morgan fingerprint density at radius 1 is 1.47 bits per heavy atom. The molecule has 2 nitrogen and oxygen atoms in total. The van der Waals surface area contributed by atoms with Crippen molar-refractivity contribution in [2.75, 3.05) is 0 Å². The number of carbonyl (C=O) groups is 1. The fraction of sp³-hybridized carbons (Fsp3) is 0.182. The molecule has 1 unspecified atom stereocenters. The van der Waals surface area contributed by atoms with Crippen LogP contribution in [0.5, 0.6) is 0 Å². The summed E-state index contributed by atoms with van der Waals surface area (Å²) in [5, 5.41) is 0. The van der Waals surface area contributed by atoms with Crippen molar-refractivity contribution in [2.24, 2.45) is 0 Å². The lowest BCUT2D eigenvalue weighted by atomic mass is 10.1. The number of cyclic esters (lactones) is 1. The second kappa shape index (κ2) is 4.25. The maximum atomic E-state index is 11.3. The summed E-state index contributed by atoms with van der Waals surface area (Å²) >= 11 is 5.36. The van der Waals surface area contributed by atoms with Crippen LogP contribution in [0.4, 0.5) is 0 Å². The lowest BCUT2D eigenvalue weighted by molar-refractivity contribution is -0.139. The fourth-order valence-electron chi connectivity index (χ4n) is 1.47. The summed E-state index contributed by atoms with van der Waals surface area (Å²) < 4.78 is 6.70. The van der Waals surface area contributed by atoms with E-state index in [1.165, 1.54) is 0 Å². The van der Waals surface area contributed by atoms with Crippen molar-refractivity contribution in [3.8, 4) is 0 Å². The Balaban J connectivity index is 2.39. The van der Waals surface area contributed by atoms with Gasteiger partial charge in [0.2, 0.25) is 0 Å². The minimum absolute atomic E-state index is 0.243. The zero-order valence-corrected chi connectivity index (χ0v) is 11.7. The molecule has 0 radical (unpaired) electrons. The Morgan fingerprint density at radius 3 is 2.73 bits per heavy atom. The lowest BCUT2D eigenvalue weighted by Gasteiger charge is -2.11. The molecule has 0 N–H and O–H groups in total. The van der Waals surface area contributed by atoms with E-state index in [2.05, 4.69) is 38.5 Å². The highest BCUT2D eigenvalue weighted by atomic mass is 127. The van der Waals surface area contributed by atoms with Gasteiger partial charge < -0.3 is 4.74 Å². The molecule has 78 valence electrons. The van der Waals surface area contributed by atoms with E-state index in [1.54, 1.807) is 0 Å². The van der Waals surface area contributed by atoms with E-state index < -0.39 is 0 Å². The van der Waals surface area contributed by atoms with Crippen LogP contribution in [0.2, 0.25) is 0 Å². The van der Waals surface area contributed by atoms with Crippen LogP contribution in [-0.4, -0.2) is 5.97 Å². The van der Waals surface area contributed by atoms with E-state index in [4.69, 9.17) is 4.74 Å². The predicted molar refractivity (Wildman–Crippen MR) is 70.0 cm³/mol. The maximum Gasteiger partial charge on any atom is 0.347 e. The number of halogens is 2. The average Bonchev–Trinajstić information content (AvgIpc) is 2.46. The van der Waals surface area contributed by atoms with Crippen molar-refractivity contribution in [3.63, 3.8) is 0 Å². The van der Waals surface area contributed by atoms with E-state index in [9.17, 15) is 4.79 Å². The van der Waals surface area contributed by atoms with E-state index in [-0.39, 0.29) is 12.1 Å². The van der Waals surface area contributed by atoms with Crippen molar-refractivity contribution < 1.29 is 9.53 Å². The molecule has 0 amide bonds. The number of carbonyl (C=O) groups excluding carboxylic acids is 1. The second-order valence-corrected chi connectivity index (χ2v) is 5.32. The maximum absolute atomic E-state index is 11.3. The van der Waals surface area contributed by atoms with Crippen LogP contribution in [0.1, 0.15) is 17.2 Å². The Morgan fingerprint density at radius 2 is 2.20 bits per heavy atom. The van der Waals surface area contributed by atoms with Crippen LogP contribution in [0, 0.1) is 6.92 Å². The third-order valence-electron chi connectivity index (χ3n) is 2.19. The minimum Gasteiger partial charge on any atom is -0.448 e. The normalized spacial score (nSPS) is 20.7. The fourth-order valence-corrected chi connectivity index (χ4v) is 2.48. The molecule has 0 saturated heterocycles. The van der Waals surface area contributed by atoms with Crippen LogP contribution in [-0.2, 0) is 9.53 Å². The number of rotatable bonds is 1. The zero-order chi connectivity index (χ0) is 11.0. The molecule has 1 atom stereocenters. The zero-order valence-electron chi connectivity index (χ0n) is 7.96. The molecule has 1 heterocycles. The van der Waals surface area contributed by atoms with Gasteiger partial charge >= 0.3 is 5.97 Å². The molecule has 0 aromatic heterocycles. The van der Waals surface area contributed by atoms with Crippen molar-refractivity contribution >= 4 is 44.5 Å². The molecular weight excluding hydrogens is 371 g/mol. The Bertz CT molecular complexity index is 454. The molecule has 0 aliphatic carbocycles. The Labute approximate surface area is 110 Å². The third kappa shape index (κ3) is 2.10. The molecule has 1 aliphatic rings. The summed E-state index contributed by atoms with van der Waals surface area (Å²) in [5.41, 5.74) is 2.18. The van der Waals surface area contributed by atoms with E-state index >= 15 is 0 Å². The SMILES string of the molecule is Cc1cccc(C2OC(=O)C(Br)=C2I)c1. The van der Waals surface area contributed by atoms with Gasteiger partial charge in [0.15, 0.2) is 6.10 Å². The molecule has 0 spiro atoms. The Kier molecular flexibility index (Phi) is 3.16. The lowest BCUT2D eigenvalue weighted by Crippen LogP contribution is -2.01. The molecule has 1 aliphatic heterocycles. The second-order valence-electron chi connectivity index (χ2n) is 3.36. The first-order chi connectivity index (χ1) is 7.09. The quantitative estimate of drug-likeness (QED) is 0.551. The molecule has 0 fully saturated rings. The number of aryl methyl sites for hydroxylation is 1. The first kappa shape index (κ1) is 11.1. The van der Waals surface area contributed by atoms with Crippen LogP contribution in [0.25, 0.3) is 0 Å². The molecule has 2 rings (SSSR count). The highest BCUT2D eigenvalue weighted by Gasteiger charge is 2.32. The van der Waals surface area contributed by atoms with E-state index in [0.717, 1.165) is 14.7 Å². The highest BCUT2D eigenvalue weighted by Crippen LogP contribution is 2.41. The van der Waals surface area contributed by atoms with Gasteiger partial charge in [0.05, 0.1) is 3.58 Å². The van der Waals surface area contributed by atoms with Gasteiger partial charge in [-0.15, -0.1) is 0 Å². The van der Waals surface area contributed by atoms with Gasteiger partial charge in [-0.2, -0.15) is 0 Å². The number of ether oxygens (including phenoxy) is 1.